The van der Waals surface area contributed by atoms with Crippen LogP contribution in [0.3, 0.4) is 0 Å². The van der Waals surface area contributed by atoms with E-state index in [1.54, 1.807) is 12.1 Å². The molecule has 0 aromatic heterocycles. The number of nitrogens with zero attached hydrogens (tertiary/aromatic N) is 1. The molecule has 3 heteroatoms. The molecule has 2 nitrogen and oxygen atoms in total. The molecule has 0 spiro atoms. The van der Waals surface area contributed by atoms with E-state index in [0.717, 1.165) is 31.2 Å². The zero-order valence-corrected chi connectivity index (χ0v) is 8.46. The molecule has 1 aliphatic rings. The number of hydrogen-bond donors (Lipinski definition) is 1. The van der Waals surface area contributed by atoms with E-state index in [-0.39, 0.29) is 5.69 Å². The van der Waals surface area contributed by atoms with Crippen molar-refractivity contribution < 1.29 is 4.39 Å². The number of hydrogen-bond acceptors (Lipinski definition) is 2. The predicted octanol–water partition coefficient (Wildman–Crippen LogP) is 2.74. The Kier molecular flexibility index (Phi) is 2.36. The number of halogens is 1. The minimum Gasteiger partial charge on any atom is -0.396 e. The van der Waals surface area contributed by atoms with Crippen molar-refractivity contribution in [1.29, 1.82) is 5.26 Å². The van der Waals surface area contributed by atoms with Crippen molar-refractivity contribution in [3.63, 3.8) is 0 Å². The molecule has 1 aliphatic carbocycles. The Balaban J connectivity index is 2.44. The number of nitrogen functional groups attached to an aromatic ring is 1. The minimum absolute atomic E-state index is 0.143. The summed E-state index contributed by atoms with van der Waals surface area (Å²) in [6, 6.07) is 7.05. The van der Waals surface area contributed by atoms with E-state index < -0.39 is 11.2 Å². The van der Waals surface area contributed by atoms with Crippen molar-refractivity contribution in [2.75, 3.05) is 5.73 Å². The van der Waals surface area contributed by atoms with Crippen LogP contribution in [0.2, 0.25) is 0 Å². The second-order valence-electron chi connectivity index (χ2n) is 4.14. The predicted molar refractivity (Wildman–Crippen MR) is 56.6 cm³/mol. The molecule has 15 heavy (non-hydrogen) atoms. The highest BCUT2D eigenvalue weighted by molar-refractivity contribution is 5.45. The molecule has 0 aliphatic heterocycles. The maximum absolute atomic E-state index is 13.3. The fourth-order valence-electron chi connectivity index (χ4n) is 2.27. The molecule has 0 heterocycles. The Morgan fingerprint density at radius 3 is 2.53 bits per heavy atom. The summed E-state index contributed by atoms with van der Waals surface area (Å²) in [5.41, 5.74) is 5.85. The smallest absolute Gasteiger partial charge is 0.146 e. The summed E-state index contributed by atoms with van der Waals surface area (Å²) in [5, 5.41) is 9.23. The first-order chi connectivity index (χ1) is 7.18. The van der Waals surface area contributed by atoms with E-state index in [9.17, 15) is 9.65 Å². The van der Waals surface area contributed by atoms with E-state index in [1.165, 1.54) is 6.07 Å². The standard InChI is InChI=1S/C12H13FN2/c13-10-7-9(3-4-11(10)15)12(8-14)5-1-2-6-12/h3-4,7H,1-2,5-6,15H2. The SMILES string of the molecule is N#CC1(c2ccc(N)c(F)c2)CCCC1. The molecule has 0 unspecified atom stereocenters. The summed E-state index contributed by atoms with van der Waals surface area (Å²) in [7, 11) is 0. The van der Waals surface area contributed by atoms with Crippen LogP contribution in [0.25, 0.3) is 0 Å². The van der Waals surface area contributed by atoms with Crippen LogP contribution in [0.15, 0.2) is 18.2 Å². The van der Waals surface area contributed by atoms with Crippen LogP contribution in [0.5, 0.6) is 0 Å². The lowest BCUT2D eigenvalue weighted by molar-refractivity contribution is 0.561. The Hall–Kier alpha value is -1.56. The third kappa shape index (κ3) is 1.56. The summed E-state index contributed by atoms with van der Waals surface area (Å²) >= 11 is 0. The summed E-state index contributed by atoms with van der Waals surface area (Å²) in [4.78, 5) is 0. The van der Waals surface area contributed by atoms with Crippen molar-refractivity contribution in [1.82, 2.24) is 0 Å². The molecule has 1 aromatic rings. The van der Waals surface area contributed by atoms with E-state index in [4.69, 9.17) is 5.73 Å². The van der Waals surface area contributed by atoms with Gasteiger partial charge in [-0.3, -0.25) is 0 Å². The van der Waals surface area contributed by atoms with Gasteiger partial charge in [0.05, 0.1) is 17.2 Å². The summed E-state index contributed by atoms with van der Waals surface area (Å²) < 4.78 is 13.3. The van der Waals surface area contributed by atoms with E-state index >= 15 is 0 Å². The zero-order valence-electron chi connectivity index (χ0n) is 8.46. The van der Waals surface area contributed by atoms with Crippen molar-refractivity contribution in [2.24, 2.45) is 0 Å². The fraction of sp³-hybridized carbons (Fsp3) is 0.417. The average Bonchev–Trinajstić information content (AvgIpc) is 2.72. The second kappa shape index (κ2) is 3.54. The lowest BCUT2D eigenvalue weighted by Crippen LogP contribution is -2.19. The molecule has 0 bridgehead atoms. The Labute approximate surface area is 88.5 Å². The van der Waals surface area contributed by atoms with Gasteiger partial charge >= 0.3 is 0 Å². The maximum Gasteiger partial charge on any atom is 0.146 e. The first kappa shape index (κ1) is 9.97. The Morgan fingerprint density at radius 1 is 1.33 bits per heavy atom. The highest BCUT2D eigenvalue weighted by Gasteiger charge is 2.36. The highest BCUT2D eigenvalue weighted by atomic mass is 19.1. The topological polar surface area (TPSA) is 49.8 Å². The van der Waals surface area contributed by atoms with Crippen LogP contribution >= 0.6 is 0 Å². The van der Waals surface area contributed by atoms with Gasteiger partial charge in [0.25, 0.3) is 0 Å². The molecular formula is C12H13FN2. The van der Waals surface area contributed by atoms with Gasteiger partial charge in [-0.1, -0.05) is 18.9 Å². The lowest BCUT2D eigenvalue weighted by atomic mass is 9.80. The van der Waals surface area contributed by atoms with Crippen molar-refractivity contribution >= 4 is 5.69 Å². The largest absolute Gasteiger partial charge is 0.396 e. The van der Waals surface area contributed by atoms with Gasteiger partial charge in [-0.05, 0) is 30.5 Å². The van der Waals surface area contributed by atoms with Crippen LogP contribution < -0.4 is 5.73 Å². The molecule has 1 fully saturated rings. The monoisotopic (exact) mass is 204 g/mol. The van der Waals surface area contributed by atoms with Crippen LogP contribution in [0, 0.1) is 17.1 Å². The number of benzene rings is 1. The van der Waals surface area contributed by atoms with Crippen LogP contribution in [-0.4, -0.2) is 0 Å². The third-order valence-electron chi connectivity index (χ3n) is 3.22. The summed E-state index contributed by atoms with van der Waals surface area (Å²) in [6.45, 7) is 0. The maximum atomic E-state index is 13.3. The van der Waals surface area contributed by atoms with Gasteiger partial charge in [-0.2, -0.15) is 5.26 Å². The van der Waals surface area contributed by atoms with E-state index in [0.29, 0.717) is 0 Å². The normalized spacial score (nSPS) is 18.7. The molecule has 0 amide bonds. The van der Waals surface area contributed by atoms with Crippen LogP contribution in [-0.2, 0) is 5.41 Å². The molecule has 0 atom stereocenters. The fourth-order valence-corrected chi connectivity index (χ4v) is 2.27. The van der Waals surface area contributed by atoms with Gasteiger partial charge in [-0.15, -0.1) is 0 Å². The summed E-state index contributed by atoms with van der Waals surface area (Å²) in [5.74, 6) is -0.422. The second-order valence-corrected chi connectivity index (χ2v) is 4.14. The van der Waals surface area contributed by atoms with Gasteiger partial charge in [-0.25, -0.2) is 4.39 Å². The Bertz CT molecular complexity index is 414. The van der Waals surface area contributed by atoms with Crippen LogP contribution in [0.1, 0.15) is 31.2 Å². The molecule has 0 radical (unpaired) electrons. The summed E-state index contributed by atoms with van der Waals surface area (Å²) in [6.07, 6.45) is 3.73. The van der Waals surface area contributed by atoms with E-state index in [1.807, 2.05) is 0 Å². The van der Waals surface area contributed by atoms with Gasteiger partial charge in [0.1, 0.15) is 5.82 Å². The third-order valence-corrected chi connectivity index (χ3v) is 3.22. The number of rotatable bonds is 1. The van der Waals surface area contributed by atoms with Gasteiger partial charge in [0.15, 0.2) is 0 Å². The van der Waals surface area contributed by atoms with Crippen LogP contribution in [0.4, 0.5) is 10.1 Å². The van der Waals surface area contributed by atoms with E-state index in [2.05, 4.69) is 6.07 Å². The molecular weight excluding hydrogens is 191 g/mol. The number of anilines is 1. The average molecular weight is 204 g/mol. The molecule has 0 saturated heterocycles. The number of nitrogens with two attached hydrogens (primary N) is 1. The minimum atomic E-state index is -0.478. The molecule has 78 valence electrons. The molecule has 2 N–H and O–H groups in total. The molecule has 2 rings (SSSR count). The molecule has 1 saturated carbocycles. The van der Waals surface area contributed by atoms with Gasteiger partial charge < -0.3 is 5.73 Å². The van der Waals surface area contributed by atoms with Crippen molar-refractivity contribution in [2.45, 2.75) is 31.1 Å². The molecule has 1 aromatic carbocycles. The lowest BCUT2D eigenvalue weighted by Gasteiger charge is -2.20. The van der Waals surface area contributed by atoms with Gasteiger partial charge in [0, 0.05) is 0 Å². The first-order valence-corrected chi connectivity index (χ1v) is 5.15. The van der Waals surface area contributed by atoms with Crippen molar-refractivity contribution in [3.8, 4) is 6.07 Å². The highest BCUT2D eigenvalue weighted by Crippen LogP contribution is 2.40. The van der Waals surface area contributed by atoms with Gasteiger partial charge in [0.2, 0.25) is 0 Å². The zero-order chi connectivity index (χ0) is 10.9. The Morgan fingerprint density at radius 2 is 2.00 bits per heavy atom. The number of nitriles is 1. The quantitative estimate of drug-likeness (QED) is 0.715. The first-order valence-electron chi connectivity index (χ1n) is 5.15. The van der Waals surface area contributed by atoms with Crippen molar-refractivity contribution in [3.05, 3.63) is 29.6 Å².